The number of carbonyl (C=O) groups excluding carboxylic acids is 1. The van der Waals surface area contributed by atoms with E-state index in [-0.39, 0.29) is 18.4 Å². The van der Waals surface area contributed by atoms with Crippen molar-refractivity contribution in [3.8, 4) is 0 Å². The standard InChI is InChI=1S/C17H24N2O3S/c1-18(2)17(20)15-9-10-19(12-15)23(21,22)16-8-7-13-5-3-4-6-14(13)11-16/h7-8,11,15H,3-6,9-10,12H2,1-2H3. The Morgan fingerprint density at radius 1 is 1.17 bits per heavy atom. The summed E-state index contributed by atoms with van der Waals surface area (Å²) in [6.07, 6.45) is 4.90. The summed E-state index contributed by atoms with van der Waals surface area (Å²) in [5.74, 6) is -0.217. The lowest BCUT2D eigenvalue weighted by Crippen LogP contribution is -2.34. The van der Waals surface area contributed by atoms with E-state index in [1.54, 1.807) is 25.1 Å². The molecule has 2 aliphatic rings. The molecule has 23 heavy (non-hydrogen) atoms. The average molecular weight is 336 g/mol. The first-order chi connectivity index (χ1) is 10.9. The van der Waals surface area contributed by atoms with E-state index in [2.05, 4.69) is 0 Å². The van der Waals surface area contributed by atoms with Gasteiger partial charge in [0.05, 0.1) is 10.8 Å². The van der Waals surface area contributed by atoms with E-state index >= 15 is 0 Å². The first-order valence-corrected chi connectivity index (χ1v) is 9.67. The van der Waals surface area contributed by atoms with Crippen LogP contribution in [0.4, 0.5) is 0 Å². The van der Waals surface area contributed by atoms with Crippen LogP contribution in [-0.2, 0) is 27.7 Å². The average Bonchev–Trinajstić information content (AvgIpc) is 3.04. The van der Waals surface area contributed by atoms with Gasteiger partial charge in [0, 0.05) is 27.2 Å². The summed E-state index contributed by atoms with van der Waals surface area (Å²) >= 11 is 0. The van der Waals surface area contributed by atoms with Crippen LogP contribution in [0.25, 0.3) is 0 Å². The van der Waals surface area contributed by atoms with Crippen LogP contribution in [0.2, 0.25) is 0 Å². The van der Waals surface area contributed by atoms with Gasteiger partial charge in [-0.25, -0.2) is 8.42 Å². The second-order valence-corrected chi connectivity index (χ2v) is 8.66. The third-order valence-corrected chi connectivity index (χ3v) is 6.76. The molecule has 0 aromatic heterocycles. The van der Waals surface area contributed by atoms with Crippen molar-refractivity contribution >= 4 is 15.9 Å². The molecule has 0 radical (unpaired) electrons. The Morgan fingerprint density at radius 3 is 2.57 bits per heavy atom. The van der Waals surface area contributed by atoms with Gasteiger partial charge in [-0.1, -0.05) is 6.07 Å². The highest BCUT2D eigenvalue weighted by molar-refractivity contribution is 7.89. The summed E-state index contributed by atoms with van der Waals surface area (Å²) in [6.45, 7) is 0.708. The summed E-state index contributed by atoms with van der Waals surface area (Å²) in [5, 5.41) is 0. The number of aryl methyl sites for hydroxylation is 2. The van der Waals surface area contributed by atoms with Gasteiger partial charge in [0.1, 0.15) is 0 Å². The summed E-state index contributed by atoms with van der Waals surface area (Å²) in [4.78, 5) is 14.0. The van der Waals surface area contributed by atoms with Gasteiger partial charge < -0.3 is 4.90 Å². The third-order valence-electron chi connectivity index (χ3n) is 4.90. The molecule has 1 atom stereocenters. The van der Waals surface area contributed by atoms with Gasteiger partial charge in [-0.2, -0.15) is 4.31 Å². The normalized spacial score (nSPS) is 21.9. The lowest BCUT2D eigenvalue weighted by Gasteiger charge is -2.20. The molecule has 1 amide bonds. The molecule has 1 aliphatic heterocycles. The molecular weight excluding hydrogens is 312 g/mol. The summed E-state index contributed by atoms with van der Waals surface area (Å²) < 4.78 is 27.2. The van der Waals surface area contributed by atoms with Crippen molar-refractivity contribution in [2.45, 2.75) is 37.0 Å². The molecule has 5 nitrogen and oxygen atoms in total. The molecule has 1 aromatic rings. The van der Waals surface area contributed by atoms with E-state index in [0.717, 1.165) is 24.8 Å². The molecule has 1 aromatic carbocycles. The van der Waals surface area contributed by atoms with Gasteiger partial charge in [-0.05, 0) is 55.4 Å². The summed E-state index contributed by atoms with van der Waals surface area (Å²) in [6, 6.07) is 5.52. The number of fused-ring (bicyclic) bond motifs is 1. The highest BCUT2D eigenvalue weighted by Crippen LogP contribution is 2.28. The van der Waals surface area contributed by atoms with Crippen LogP contribution in [0, 0.1) is 5.92 Å². The van der Waals surface area contributed by atoms with Crippen molar-refractivity contribution in [3.05, 3.63) is 29.3 Å². The summed E-state index contributed by atoms with van der Waals surface area (Å²) in [5.41, 5.74) is 2.44. The van der Waals surface area contributed by atoms with E-state index in [0.29, 0.717) is 17.9 Å². The molecule has 0 spiro atoms. The molecule has 1 aliphatic carbocycles. The number of hydrogen-bond acceptors (Lipinski definition) is 3. The van der Waals surface area contributed by atoms with Crippen LogP contribution in [-0.4, -0.2) is 50.7 Å². The first kappa shape index (κ1) is 16.5. The highest BCUT2D eigenvalue weighted by atomic mass is 32.2. The minimum absolute atomic E-state index is 0.00754. The van der Waals surface area contributed by atoms with Crippen LogP contribution in [0.15, 0.2) is 23.1 Å². The Hall–Kier alpha value is -1.40. The van der Waals surface area contributed by atoms with Crippen molar-refractivity contribution in [3.63, 3.8) is 0 Å². The highest BCUT2D eigenvalue weighted by Gasteiger charge is 2.36. The predicted molar refractivity (Wildman–Crippen MR) is 88.6 cm³/mol. The molecule has 6 heteroatoms. The molecule has 1 fully saturated rings. The van der Waals surface area contributed by atoms with Crippen LogP contribution >= 0.6 is 0 Å². The number of hydrogen-bond donors (Lipinski definition) is 0. The fourth-order valence-corrected chi connectivity index (χ4v) is 5.08. The van der Waals surface area contributed by atoms with Gasteiger partial charge in [-0.3, -0.25) is 4.79 Å². The van der Waals surface area contributed by atoms with Crippen molar-refractivity contribution in [2.24, 2.45) is 5.92 Å². The number of sulfonamides is 1. The first-order valence-electron chi connectivity index (χ1n) is 8.22. The van der Waals surface area contributed by atoms with Crippen molar-refractivity contribution in [1.29, 1.82) is 0 Å². The third kappa shape index (κ3) is 3.15. The Kier molecular flexibility index (Phi) is 4.47. The van der Waals surface area contributed by atoms with Crippen LogP contribution in [0.1, 0.15) is 30.4 Å². The molecule has 3 rings (SSSR count). The van der Waals surface area contributed by atoms with Gasteiger partial charge in [0.25, 0.3) is 0 Å². The lowest BCUT2D eigenvalue weighted by molar-refractivity contribution is -0.132. The van der Waals surface area contributed by atoms with Gasteiger partial charge in [-0.15, -0.1) is 0 Å². The fourth-order valence-electron chi connectivity index (χ4n) is 3.53. The number of benzene rings is 1. The van der Waals surface area contributed by atoms with E-state index in [1.165, 1.54) is 16.3 Å². The second-order valence-electron chi connectivity index (χ2n) is 6.72. The number of rotatable bonds is 3. The molecule has 1 saturated heterocycles. The number of amides is 1. The molecule has 0 bridgehead atoms. The predicted octanol–water partition coefficient (Wildman–Crippen LogP) is 1.66. The fraction of sp³-hybridized carbons (Fsp3) is 0.588. The number of carbonyl (C=O) groups is 1. The largest absolute Gasteiger partial charge is 0.349 e. The summed E-state index contributed by atoms with van der Waals surface area (Å²) in [7, 11) is -0.0792. The maximum Gasteiger partial charge on any atom is 0.243 e. The van der Waals surface area contributed by atoms with Crippen LogP contribution in [0.3, 0.4) is 0 Å². The van der Waals surface area contributed by atoms with Crippen LogP contribution < -0.4 is 0 Å². The Labute approximate surface area is 138 Å². The Morgan fingerprint density at radius 2 is 1.87 bits per heavy atom. The van der Waals surface area contributed by atoms with E-state index in [4.69, 9.17) is 0 Å². The van der Waals surface area contributed by atoms with Gasteiger partial charge >= 0.3 is 0 Å². The lowest BCUT2D eigenvalue weighted by atomic mass is 9.92. The SMILES string of the molecule is CN(C)C(=O)C1CCN(S(=O)(=O)c2ccc3c(c2)CCCC3)C1. The maximum absolute atomic E-state index is 12.9. The number of nitrogens with zero attached hydrogens (tertiary/aromatic N) is 2. The second kappa shape index (κ2) is 6.24. The van der Waals surface area contributed by atoms with E-state index < -0.39 is 10.0 Å². The van der Waals surface area contributed by atoms with Crippen molar-refractivity contribution in [1.82, 2.24) is 9.21 Å². The van der Waals surface area contributed by atoms with E-state index in [9.17, 15) is 13.2 Å². The zero-order valence-corrected chi connectivity index (χ0v) is 14.6. The zero-order chi connectivity index (χ0) is 16.6. The molecule has 1 unspecified atom stereocenters. The quantitative estimate of drug-likeness (QED) is 0.843. The smallest absolute Gasteiger partial charge is 0.243 e. The molecule has 1 heterocycles. The van der Waals surface area contributed by atoms with Gasteiger partial charge in [0.15, 0.2) is 0 Å². The Bertz CT molecular complexity index is 713. The van der Waals surface area contributed by atoms with Crippen LogP contribution in [0.5, 0.6) is 0 Å². The minimum Gasteiger partial charge on any atom is -0.349 e. The minimum atomic E-state index is -3.50. The zero-order valence-electron chi connectivity index (χ0n) is 13.8. The molecular formula is C17H24N2O3S. The molecule has 0 saturated carbocycles. The topological polar surface area (TPSA) is 57.7 Å². The van der Waals surface area contributed by atoms with E-state index in [1.807, 2.05) is 12.1 Å². The van der Waals surface area contributed by atoms with Gasteiger partial charge in [0.2, 0.25) is 15.9 Å². The monoisotopic (exact) mass is 336 g/mol. The molecule has 126 valence electrons. The van der Waals surface area contributed by atoms with Crippen molar-refractivity contribution in [2.75, 3.05) is 27.2 Å². The van der Waals surface area contributed by atoms with Crippen molar-refractivity contribution < 1.29 is 13.2 Å². The maximum atomic E-state index is 12.9. The molecule has 0 N–H and O–H groups in total. The Balaban J connectivity index is 1.81.